The predicted molar refractivity (Wildman–Crippen MR) is 103 cm³/mol. The van der Waals surface area contributed by atoms with Gasteiger partial charge in [-0.1, -0.05) is 70.5 Å². The van der Waals surface area contributed by atoms with Crippen LogP contribution in [0.5, 0.6) is 0 Å². The normalized spacial score (nSPS) is 23.7. The first-order valence-corrected chi connectivity index (χ1v) is 9.50. The van der Waals surface area contributed by atoms with Crippen LogP contribution < -0.4 is 0 Å². The lowest BCUT2D eigenvalue weighted by Gasteiger charge is -2.42. The van der Waals surface area contributed by atoms with Gasteiger partial charge in [0.1, 0.15) is 0 Å². The Kier molecular flexibility index (Phi) is 3.26. The summed E-state index contributed by atoms with van der Waals surface area (Å²) in [5.74, 6) is 0.273. The molecule has 2 heteroatoms. The summed E-state index contributed by atoms with van der Waals surface area (Å²) in [6, 6.07) is 25.3. The summed E-state index contributed by atoms with van der Waals surface area (Å²) >= 11 is 3.63. The number of hydrogen-bond donors (Lipinski definition) is 0. The van der Waals surface area contributed by atoms with Crippen molar-refractivity contribution < 1.29 is 4.79 Å². The lowest BCUT2D eigenvalue weighted by Crippen LogP contribution is -2.40. The number of rotatable bonds is 1. The molecule has 0 amide bonds. The summed E-state index contributed by atoms with van der Waals surface area (Å²) in [5, 5.41) is 0. The van der Waals surface area contributed by atoms with E-state index < -0.39 is 0 Å². The van der Waals surface area contributed by atoms with Crippen molar-refractivity contribution in [2.24, 2.45) is 5.92 Å². The van der Waals surface area contributed by atoms with Crippen LogP contribution in [0, 0.1) is 5.92 Å². The zero-order valence-electron chi connectivity index (χ0n) is 13.7. The van der Waals surface area contributed by atoms with Crippen molar-refractivity contribution in [1.29, 1.82) is 0 Å². The largest absolute Gasteiger partial charge is 0.294 e. The Morgan fingerprint density at radius 1 is 0.880 bits per heavy atom. The third kappa shape index (κ3) is 1.92. The summed E-state index contributed by atoms with van der Waals surface area (Å²) in [5.41, 5.74) is 5.54. The average molecular weight is 389 g/mol. The van der Waals surface area contributed by atoms with Gasteiger partial charge >= 0.3 is 0 Å². The van der Waals surface area contributed by atoms with E-state index in [9.17, 15) is 4.79 Å². The number of benzene rings is 3. The van der Waals surface area contributed by atoms with Crippen LogP contribution >= 0.6 is 15.9 Å². The first kappa shape index (κ1) is 15.1. The van der Waals surface area contributed by atoms with Gasteiger partial charge in [-0.15, -0.1) is 0 Å². The van der Waals surface area contributed by atoms with Crippen molar-refractivity contribution in [1.82, 2.24) is 0 Å². The maximum atomic E-state index is 13.3. The van der Waals surface area contributed by atoms with Crippen LogP contribution in [0.4, 0.5) is 0 Å². The van der Waals surface area contributed by atoms with Crippen molar-refractivity contribution in [3.63, 3.8) is 0 Å². The lowest BCUT2D eigenvalue weighted by molar-refractivity contribution is 0.0897. The van der Waals surface area contributed by atoms with Crippen LogP contribution in [0.2, 0.25) is 0 Å². The second-order valence-corrected chi connectivity index (χ2v) is 7.89. The van der Waals surface area contributed by atoms with E-state index in [-0.39, 0.29) is 11.3 Å². The second-order valence-electron chi connectivity index (χ2n) is 6.98. The first-order valence-electron chi connectivity index (χ1n) is 8.71. The Labute approximate surface area is 155 Å². The molecule has 0 aromatic heterocycles. The van der Waals surface area contributed by atoms with Crippen LogP contribution in [0.1, 0.15) is 39.0 Å². The van der Waals surface area contributed by atoms with E-state index >= 15 is 0 Å². The summed E-state index contributed by atoms with van der Waals surface area (Å²) in [6.45, 7) is 0. The second kappa shape index (κ2) is 5.40. The van der Waals surface area contributed by atoms with E-state index in [4.69, 9.17) is 0 Å². The Bertz CT molecular complexity index is 992. The summed E-state index contributed by atoms with van der Waals surface area (Å²) < 4.78 is 1.03. The average Bonchev–Trinajstić information content (AvgIpc) is 2.92. The van der Waals surface area contributed by atoms with E-state index in [2.05, 4.69) is 70.5 Å². The number of Topliss-reactive ketones (excluding diaryl/α,β-unsaturated/α-hetero) is 1. The van der Waals surface area contributed by atoms with Gasteiger partial charge in [0.2, 0.25) is 0 Å². The number of carbonyl (C=O) groups is 1. The predicted octanol–water partition coefficient (Wildman–Crippen LogP) is 5.54. The van der Waals surface area contributed by atoms with Gasteiger partial charge in [0.25, 0.3) is 0 Å². The number of halogens is 1. The molecule has 2 aliphatic rings. The van der Waals surface area contributed by atoms with Crippen molar-refractivity contribution >= 4 is 21.7 Å². The molecule has 0 fully saturated rings. The summed E-state index contributed by atoms with van der Waals surface area (Å²) in [4.78, 5) is 13.3. The maximum Gasteiger partial charge on any atom is 0.167 e. The van der Waals surface area contributed by atoms with Gasteiger partial charge in [-0.05, 0) is 53.3 Å². The topological polar surface area (TPSA) is 17.1 Å². The third-order valence-corrected chi connectivity index (χ3v) is 6.38. The highest BCUT2D eigenvalue weighted by molar-refractivity contribution is 9.10. The molecule has 5 rings (SSSR count). The molecular weight excluding hydrogens is 372 g/mol. The van der Waals surface area contributed by atoms with Gasteiger partial charge in [0.05, 0.1) is 5.41 Å². The zero-order chi connectivity index (χ0) is 17.0. The lowest BCUT2D eigenvalue weighted by atomic mass is 9.59. The number of hydrogen-bond acceptors (Lipinski definition) is 1. The Balaban J connectivity index is 1.94. The third-order valence-electron chi connectivity index (χ3n) is 5.88. The fourth-order valence-electron chi connectivity index (χ4n) is 4.95. The van der Waals surface area contributed by atoms with Gasteiger partial charge in [-0.2, -0.15) is 0 Å². The number of carbonyl (C=O) groups excluding carboxylic acids is 1. The smallest absolute Gasteiger partial charge is 0.167 e. The molecule has 0 spiro atoms. The van der Waals surface area contributed by atoms with Crippen LogP contribution in [-0.2, 0) is 11.8 Å². The molecule has 0 saturated heterocycles. The maximum absolute atomic E-state index is 13.3. The minimum Gasteiger partial charge on any atom is -0.294 e. The molecule has 3 aromatic rings. The molecule has 0 unspecified atom stereocenters. The molecule has 2 atom stereocenters. The molecule has 0 aliphatic heterocycles. The molecule has 122 valence electrons. The van der Waals surface area contributed by atoms with E-state index in [0.29, 0.717) is 5.78 Å². The van der Waals surface area contributed by atoms with Gasteiger partial charge in [-0.25, -0.2) is 0 Å². The highest BCUT2D eigenvalue weighted by Gasteiger charge is 2.56. The van der Waals surface area contributed by atoms with Crippen LogP contribution in [0.15, 0.2) is 77.3 Å². The van der Waals surface area contributed by atoms with Crippen molar-refractivity contribution in [3.05, 3.63) is 105 Å². The minimum atomic E-state index is -0.369. The fraction of sp³-hybridized carbons (Fsp3) is 0.174. The first-order chi connectivity index (χ1) is 12.2. The van der Waals surface area contributed by atoms with E-state index in [1.165, 1.54) is 16.7 Å². The van der Waals surface area contributed by atoms with Gasteiger partial charge in [0, 0.05) is 16.0 Å². The Morgan fingerprint density at radius 2 is 1.64 bits per heavy atom. The van der Waals surface area contributed by atoms with Gasteiger partial charge in [-0.3, -0.25) is 4.79 Å². The standard InChI is InChI=1S/C23H17BrO/c24-17-11-12-18-21(14-17)23(16-7-2-1-3-8-16)19-9-5-4-6-15(19)10-13-20(23)22(18)25/h1-9,11-12,14,20H,10,13H2/t20-,23-/m0/s1. The quantitative estimate of drug-likeness (QED) is 0.534. The fourth-order valence-corrected chi connectivity index (χ4v) is 5.31. The monoisotopic (exact) mass is 388 g/mol. The van der Waals surface area contributed by atoms with E-state index in [0.717, 1.165) is 28.4 Å². The highest BCUT2D eigenvalue weighted by Crippen LogP contribution is 2.57. The molecule has 0 bridgehead atoms. The van der Waals surface area contributed by atoms with Crippen LogP contribution in [-0.4, -0.2) is 5.78 Å². The van der Waals surface area contributed by atoms with Crippen LogP contribution in [0.3, 0.4) is 0 Å². The minimum absolute atomic E-state index is 0.0194. The molecule has 0 saturated carbocycles. The summed E-state index contributed by atoms with van der Waals surface area (Å²) in [6.07, 6.45) is 1.87. The van der Waals surface area contributed by atoms with Gasteiger partial charge in [0.15, 0.2) is 5.78 Å². The molecular formula is C23H17BrO. The molecule has 25 heavy (non-hydrogen) atoms. The molecule has 0 heterocycles. The molecule has 3 aromatic carbocycles. The highest BCUT2D eigenvalue weighted by atomic mass is 79.9. The molecule has 1 nitrogen and oxygen atoms in total. The Morgan fingerprint density at radius 3 is 2.48 bits per heavy atom. The zero-order valence-corrected chi connectivity index (χ0v) is 15.3. The number of fused-ring (bicyclic) bond motifs is 5. The number of ketones is 1. The molecule has 0 N–H and O–H groups in total. The van der Waals surface area contributed by atoms with Crippen molar-refractivity contribution in [2.45, 2.75) is 18.3 Å². The van der Waals surface area contributed by atoms with Crippen LogP contribution in [0.25, 0.3) is 0 Å². The van der Waals surface area contributed by atoms with E-state index in [1.54, 1.807) is 0 Å². The van der Waals surface area contributed by atoms with Crippen molar-refractivity contribution in [3.8, 4) is 0 Å². The summed E-state index contributed by atoms with van der Waals surface area (Å²) in [7, 11) is 0. The molecule has 0 radical (unpaired) electrons. The van der Waals surface area contributed by atoms with Crippen molar-refractivity contribution in [2.75, 3.05) is 0 Å². The Hall–Kier alpha value is -2.19. The van der Waals surface area contributed by atoms with E-state index in [1.807, 2.05) is 18.2 Å². The number of aryl methyl sites for hydroxylation is 1. The SMILES string of the molecule is O=C1c2ccc(Br)cc2[C@@]2(c3ccccc3)c3ccccc3CC[C@@H]12. The molecule has 2 aliphatic carbocycles. The van der Waals surface area contributed by atoms with Gasteiger partial charge < -0.3 is 0 Å².